The average molecular weight is 471 g/mol. The summed E-state index contributed by atoms with van der Waals surface area (Å²) in [5.41, 5.74) is 4.27. The topological polar surface area (TPSA) is 94.8 Å². The number of anilines is 1. The van der Waals surface area contributed by atoms with Crippen molar-refractivity contribution in [3.05, 3.63) is 83.0 Å². The van der Waals surface area contributed by atoms with Gasteiger partial charge in [0.25, 0.3) is 0 Å². The number of nitrogens with zero attached hydrogens (tertiary/aromatic N) is 3. The predicted octanol–water partition coefficient (Wildman–Crippen LogP) is 4.54. The fraction of sp³-hybridized carbons (Fsp3) is 0.259. The van der Waals surface area contributed by atoms with E-state index in [0.29, 0.717) is 48.3 Å². The molecule has 3 heterocycles. The molecule has 2 aromatic heterocycles. The molecule has 1 saturated heterocycles. The van der Waals surface area contributed by atoms with E-state index in [1.807, 2.05) is 56.3 Å². The minimum atomic E-state index is -0.0921. The first kappa shape index (κ1) is 22.7. The molecule has 0 spiro atoms. The van der Waals surface area contributed by atoms with E-state index in [2.05, 4.69) is 15.4 Å². The molecule has 1 aliphatic rings. The third kappa shape index (κ3) is 5.38. The van der Waals surface area contributed by atoms with Crippen LogP contribution < -0.4 is 10.1 Å². The highest BCUT2D eigenvalue weighted by Gasteiger charge is 2.22. The second-order valence-electron chi connectivity index (χ2n) is 8.92. The number of Topliss-reactive ketones (excluding diaryl/α,β-unsaturated/α-hetero) is 1. The van der Waals surface area contributed by atoms with Crippen LogP contribution in [0, 0.1) is 19.8 Å². The number of carbonyl (C=O) groups excluding carboxylic acids is 2. The van der Waals surface area contributed by atoms with Gasteiger partial charge in [0, 0.05) is 30.4 Å². The van der Waals surface area contributed by atoms with Crippen LogP contribution in [0.15, 0.2) is 60.8 Å². The number of amides is 1. The maximum atomic E-state index is 12.8. The van der Waals surface area contributed by atoms with Gasteiger partial charge < -0.3 is 14.8 Å². The van der Waals surface area contributed by atoms with E-state index in [4.69, 9.17) is 9.47 Å². The first-order valence-corrected chi connectivity index (χ1v) is 11.5. The van der Waals surface area contributed by atoms with Gasteiger partial charge in [-0.05, 0) is 49.2 Å². The Hall–Kier alpha value is -4.04. The number of carbonyl (C=O) groups is 2. The number of rotatable bonds is 8. The molecule has 0 saturated carbocycles. The van der Waals surface area contributed by atoms with Gasteiger partial charge in [-0.1, -0.05) is 29.8 Å². The van der Waals surface area contributed by atoms with Gasteiger partial charge in [-0.2, -0.15) is 0 Å². The number of hydrogen-bond acceptors (Lipinski definition) is 6. The highest BCUT2D eigenvalue weighted by molar-refractivity contribution is 5.97. The highest BCUT2D eigenvalue weighted by atomic mass is 16.5. The molecule has 0 bridgehead atoms. The van der Waals surface area contributed by atoms with Gasteiger partial charge in [0.05, 0.1) is 19.4 Å². The Bertz CT molecular complexity index is 1410. The van der Waals surface area contributed by atoms with Crippen LogP contribution in [-0.4, -0.2) is 39.5 Å². The molecule has 0 atom stereocenters. The number of fused-ring (bicyclic) bond motifs is 1. The maximum Gasteiger partial charge on any atom is 0.237 e. The molecule has 1 aliphatic heterocycles. The standard InChI is InChI=1S/C27H26N4O4/c1-17-4-3-5-20(10-17)23(32)13-21-12-22(7-6-18(21)2)35-27-9-8-25-28-24(14-31(25)30-27)29-26(33)11-19-15-34-16-19/h3-10,12,14,19H,11,13,15-16H2,1-2H3,(H,29,33). The van der Waals surface area contributed by atoms with E-state index in [0.717, 1.165) is 16.7 Å². The Morgan fingerprint density at radius 2 is 1.97 bits per heavy atom. The summed E-state index contributed by atoms with van der Waals surface area (Å²) in [6.45, 7) is 5.21. The smallest absolute Gasteiger partial charge is 0.237 e. The van der Waals surface area contributed by atoms with Crippen molar-refractivity contribution in [3.8, 4) is 11.6 Å². The van der Waals surface area contributed by atoms with Gasteiger partial charge in [0.15, 0.2) is 17.2 Å². The van der Waals surface area contributed by atoms with Gasteiger partial charge in [-0.3, -0.25) is 9.59 Å². The Labute approximate surface area is 202 Å². The normalized spacial score (nSPS) is 13.4. The summed E-state index contributed by atoms with van der Waals surface area (Å²) in [6.07, 6.45) is 2.35. The van der Waals surface area contributed by atoms with Gasteiger partial charge in [0.1, 0.15) is 5.75 Å². The largest absolute Gasteiger partial charge is 0.438 e. The molecule has 4 aromatic rings. The van der Waals surface area contributed by atoms with Crippen LogP contribution in [0.4, 0.5) is 5.82 Å². The lowest BCUT2D eigenvalue weighted by Crippen LogP contribution is -2.31. The number of aromatic nitrogens is 3. The second kappa shape index (κ2) is 9.68. The van der Waals surface area contributed by atoms with E-state index in [1.165, 1.54) is 0 Å². The van der Waals surface area contributed by atoms with Crippen LogP contribution in [0.1, 0.15) is 33.5 Å². The van der Waals surface area contributed by atoms with E-state index >= 15 is 0 Å². The molecule has 1 amide bonds. The van der Waals surface area contributed by atoms with Crippen molar-refractivity contribution in [2.45, 2.75) is 26.7 Å². The summed E-state index contributed by atoms with van der Waals surface area (Å²) < 4.78 is 12.7. The summed E-state index contributed by atoms with van der Waals surface area (Å²) in [5, 5.41) is 7.26. The molecule has 8 heteroatoms. The average Bonchev–Trinajstić information content (AvgIpc) is 3.20. The van der Waals surface area contributed by atoms with Gasteiger partial charge in [-0.15, -0.1) is 5.10 Å². The molecular weight excluding hydrogens is 444 g/mol. The summed E-state index contributed by atoms with van der Waals surface area (Å²) >= 11 is 0. The summed E-state index contributed by atoms with van der Waals surface area (Å²) in [7, 11) is 0. The quantitative estimate of drug-likeness (QED) is 0.380. The summed E-state index contributed by atoms with van der Waals surface area (Å²) in [5.74, 6) is 1.64. The number of ketones is 1. The maximum absolute atomic E-state index is 12.8. The monoisotopic (exact) mass is 470 g/mol. The van der Waals surface area contributed by atoms with Crippen LogP contribution in [0.25, 0.3) is 5.65 Å². The molecule has 5 rings (SSSR count). The molecule has 0 radical (unpaired) electrons. The van der Waals surface area contributed by atoms with Crippen molar-refractivity contribution in [3.63, 3.8) is 0 Å². The lowest BCUT2D eigenvalue weighted by Gasteiger charge is -2.24. The zero-order chi connectivity index (χ0) is 24.4. The first-order chi connectivity index (χ1) is 16.9. The number of benzene rings is 2. The number of ether oxygens (including phenoxy) is 2. The van der Waals surface area contributed by atoms with Crippen LogP contribution in [0.3, 0.4) is 0 Å². The van der Waals surface area contributed by atoms with E-state index in [1.54, 1.807) is 22.8 Å². The molecule has 0 aliphatic carbocycles. The number of aryl methyl sites for hydroxylation is 2. The van der Waals surface area contributed by atoms with Crippen LogP contribution >= 0.6 is 0 Å². The Morgan fingerprint density at radius 3 is 2.74 bits per heavy atom. The van der Waals surface area contributed by atoms with E-state index < -0.39 is 0 Å². The minimum Gasteiger partial charge on any atom is -0.438 e. The number of hydrogen-bond donors (Lipinski definition) is 1. The molecule has 1 fully saturated rings. The molecule has 1 N–H and O–H groups in total. The Morgan fingerprint density at radius 1 is 1.11 bits per heavy atom. The molecule has 178 valence electrons. The van der Waals surface area contributed by atoms with Gasteiger partial charge in [0.2, 0.25) is 11.8 Å². The molecule has 0 unspecified atom stereocenters. The predicted molar refractivity (Wildman–Crippen MR) is 131 cm³/mol. The first-order valence-electron chi connectivity index (χ1n) is 11.5. The zero-order valence-corrected chi connectivity index (χ0v) is 19.7. The van der Waals surface area contributed by atoms with Crippen molar-refractivity contribution in [1.82, 2.24) is 14.6 Å². The van der Waals surface area contributed by atoms with Crippen molar-refractivity contribution in [1.29, 1.82) is 0 Å². The van der Waals surface area contributed by atoms with Crippen molar-refractivity contribution in [2.75, 3.05) is 18.5 Å². The molecular formula is C27H26N4O4. The lowest BCUT2D eigenvalue weighted by atomic mass is 9.98. The highest BCUT2D eigenvalue weighted by Crippen LogP contribution is 2.24. The van der Waals surface area contributed by atoms with Crippen LogP contribution in [-0.2, 0) is 16.0 Å². The molecule has 8 nitrogen and oxygen atoms in total. The van der Waals surface area contributed by atoms with Gasteiger partial charge >= 0.3 is 0 Å². The molecule has 2 aromatic carbocycles. The fourth-order valence-corrected chi connectivity index (χ4v) is 3.95. The minimum absolute atomic E-state index is 0.0614. The van der Waals surface area contributed by atoms with Gasteiger partial charge in [-0.25, -0.2) is 9.50 Å². The zero-order valence-electron chi connectivity index (χ0n) is 19.7. The fourth-order valence-electron chi connectivity index (χ4n) is 3.95. The SMILES string of the molecule is Cc1cccc(C(=O)Cc2cc(Oc3ccc4nc(NC(=O)CC5COC5)cn4n3)ccc2C)c1. The molecule has 35 heavy (non-hydrogen) atoms. The van der Waals surface area contributed by atoms with Crippen LogP contribution in [0.5, 0.6) is 11.6 Å². The Kier molecular flexibility index (Phi) is 6.29. The van der Waals surface area contributed by atoms with E-state index in [-0.39, 0.29) is 24.0 Å². The third-order valence-electron chi connectivity index (χ3n) is 5.98. The van der Waals surface area contributed by atoms with E-state index in [9.17, 15) is 9.59 Å². The van der Waals surface area contributed by atoms with Crippen molar-refractivity contribution in [2.24, 2.45) is 5.92 Å². The van der Waals surface area contributed by atoms with Crippen LogP contribution in [0.2, 0.25) is 0 Å². The number of nitrogens with one attached hydrogen (secondary N) is 1. The van der Waals surface area contributed by atoms with Crippen molar-refractivity contribution < 1.29 is 19.1 Å². The summed E-state index contributed by atoms with van der Waals surface area (Å²) in [6, 6.07) is 16.8. The lowest BCUT2D eigenvalue weighted by molar-refractivity contribution is -0.121. The summed E-state index contributed by atoms with van der Waals surface area (Å²) in [4.78, 5) is 29.3. The van der Waals surface area contributed by atoms with Crippen molar-refractivity contribution >= 4 is 23.2 Å². The second-order valence-corrected chi connectivity index (χ2v) is 8.92. The third-order valence-corrected chi connectivity index (χ3v) is 5.98. The number of imidazole rings is 1. The Balaban J connectivity index is 1.28.